The van der Waals surface area contributed by atoms with E-state index in [0.29, 0.717) is 24.3 Å². The molecule has 6 nitrogen and oxygen atoms in total. The van der Waals surface area contributed by atoms with E-state index in [4.69, 9.17) is 11.5 Å². The van der Waals surface area contributed by atoms with Crippen molar-refractivity contribution in [2.45, 2.75) is 25.8 Å². The summed E-state index contributed by atoms with van der Waals surface area (Å²) in [6.45, 7) is 1.20. The van der Waals surface area contributed by atoms with E-state index in [9.17, 15) is 9.59 Å². The standard InChI is InChI=1S/C17H26N4O2/c1-21(2)10-13-7-6-11(16(19)22)8-15(13)20-17(23)14-5-3-4-12(14)9-18/h6-8,12,14H,3-5,9-10,18H2,1-2H3,(H2,19,22)(H,20,23)/t12-,14-/m1/s1. The molecule has 0 radical (unpaired) electrons. The van der Waals surface area contributed by atoms with Gasteiger partial charge in [-0.05, 0) is 57.1 Å². The molecular weight excluding hydrogens is 292 g/mol. The molecule has 1 aliphatic rings. The summed E-state index contributed by atoms with van der Waals surface area (Å²) in [5.41, 5.74) is 13.1. The fourth-order valence-electron chi connectivity index (χ4n) is 3.21. The Morgan fingerprint density at radius 3 is 2.65 bits per heavy atom. The SMILES string of the molecule is CN(C)Cc1ccc(C(N)=O)cc1NC(=O)[C@@H]1CCC[C@@H]1CN. The van der Waals surface area contributed by atoms with Gasteiger partial charge < -0.3 is 21.7 Å². The molecule has 1 aromatic rings. The molecule has 0 heterocycles. The summed E-state index contributed by atoms with van der Waals surface area (Å²) in [4.78, 5) is 26.0. The Balaban J connectivity index is 2.23. The topological polar surface area (TPSA) is 101 Å². The minimum atomic E-state index is -0.502. The maximum atomic E-state index is 12.6. The first kappa shape index (κ1) is 17.4. The second-order valence-corrected chi connectivity index (χ2v) is 6.50. The Bertz CT molecular complexity index is 586. The molecule has 2 atom stereocenters. The lowest BCUT2D eigenvalue weighted by Crippen LogP contribution is -2.30. The number of hydrogen-bond donors (Lipinski definition) is 3. The molecule has 2 rings (SSSR count). The van der Waals surface area contributed by atoms with E-state index in [1.54, 1.807) is 12.1 Å². The van der Waals surface area contributed by atoms with Crippen LogP contribution in [0.4, 0.5) is 5.69 Å². The Morgan fingerprint density at radius 1 is 1.30 bits per heavy atom. The third-order valence-corrected chi connectivity index (χ3v) is 4.44. The molecule has 0 aromatic heterocycles. The number of nitrogens with zero attached hydrogens (tertiary/aromatic N) is 1. The summed E-state index contributed by atoms with van der Waals surface area (Å²) in [7, 11) is 3.91. The average molecular weight is 318 g/mol. The molecule has 1 saturated carbocycles. The molecule has 2 amide bonds. The van der Waals surface area contributed by atoms with Crippen LogP contribution >= 0.6 is 0 Å². The van der Waals surface area contributed by atoms with Gasteiger partial charge in [-0.3, -0.25) is 9.59 Å². The lowest BCUT2D eigenvalue weighted by Gasteiger charge is -2.20. The first-order valence-electron chi connectivity index (χ1n) is 8.00. The Morgan fingerprint density at radius 2 is 2.04 bits per heavy atom. The molecular formula is C17H26N4O2. The molecule has 126 valence electrons. The fraction of sp³-hybridized carbons (Fsp3) is 0.529. The first-order chi connectivity index (χ1) is 10.9. The minimum absolute atomic E-state index is 0.0143. The van der Waals surface area contributed by atoms with Crippen molar-refractivity contribution < 1.29 is 9.59 Å². The van der Waals surface area contributed by atoms with Crippen molar-refractivity contribution in [2.24, 2.45) is 23.3 Å². The van der Waals surface area contributed by atoms with Gasteiger partial charge in [-0.2, -0.15) is 0 Å². The smallest absolute Gasteiger partial charge is 0.248 e. The second-order valence-electron chi connectivity index (χ2n) is 6.50. The van der Waals surface area contributed by atoms with Crippen molar-refractivity contribution in [3.63, 3.8) is 0 Å². The van der Waals surface area contributed by atoms with Crippen LogP contribution in [-0.4, -0.2) is 37.4 Å². The molecule has 0 unspecified atom stereocenters. The van der Waals surface area contributed by atoms with Crippen LogP contribution in [0.3, 0.4) is 0 Å². The number of amides is 2. The van der Waals surface area contributed by atoms with Crippen molar-refractivity contribution >= 4 is 17.5 Å². The van der Waals surface area contributed by atoms with E-state index in [-0.39, 0.29) is 17.7 Å². The quantitative estimate of drug-likeness (QED) is 0.732. The second kappa shape index (κ2) is 7.57. The number of nitrogens with two attached hydrogens (primary N) is 2. The van der Waals surface area contributed by atoms with Gasteiger partial charge in [0.1, 0.15) is 0 Å². The van der Waals surface area contributed by atoms with Crippen LogP contribution in [0.5, 0.6) is 0 Å². The highest BCUT2D eigenvalue weighted by molar-refractivity contribution is 5.97. The highest BCUT2D eigenvalue weighted by Gasteiger charge is 2.32. The van der Waals surface area contributed by atoms with Crippen molar-refractivity contribution in [1.82, 2.24) is 4.90 Å². The average Bonchev–Trinajstić information content (AvgIpc) is 2.96. The Kier molecular flexibility index (Phi) is 5.74. The highest BCUT2D eigenvalue weighted by atomic mass is 16.2. The van der Waals surface area contributed by atoms with Crippen LogP contribution in [0.25, 0.3) is 0 Å². The third kappa shape index (κ3) is 4.30. The summed E-state index contributed by atoms with van der Waals surface area (Å²) in [6, 6.07) is 5.19. The maximum absolute atomic E-state index is 12.6. The number of carbonyl (C=O) groups is 2. The number of carbonyl (C=O) groups excluding carboxylic acids is 2. The molecule has 0 saturated heterocycles. The molecule has 6 heteroatoms. The van der Waals surface area contributed by atoms with Crippen molar-refractivity contribution in [3.8, 4) is 0 Å². The van der Waals surface area contributed by atoms with Crippen LogP contribution in [0.1, 0.15) is 35.2 Å². The largest absolute Gasteiger partial charge is 0.366 e. The van der Waals surface area contributed by atoms with E-state index in [1.165, 1.54) is 0 Å². The van der Waals surface area contributed by atoms with Gasteiger partial charge in [-0.25, -0.2) is 0 Å². The fourth-order valence-corrected chi connectivity index (χ4v) is 3.21. The van der Waals surface area contributed by atoms with E-state index >= 15 is 0 Å². The predicted octanol–water partition coefficient (Wildman–Crippen LogP) is 1.16. The summed E-state index contributed by atoms with van der Waals surface area (Å²) >= 11 is 0. The third-order valence-electron chi connectivity index (χ3n) is 4.44. The van der Waals surface area contributed by atoms with E-state index in [2.05, 4.69) is 5.32 Å². The highest BCUT2D eigenvalue weighted by Crippen LogP contribution is 2.32. The molecule has 1 aromatic carbocycles. The van der Waals surface area contributed by atoms with Crippen LogP contribution in [0, 0.1) is 11.8 Å². The summed E-state index contributed by atoms with van der Waals surface area (Å²) in [5, 5.41) is 2.99. The van der Waals surface area contributed by atoms with E-state index < -0.39 is 5.91 Å². The van der Waals surface area contributed by atoms with Gasteiger partial charge in [0, 0.05) is 23.7 Å². The minimum Gasteiger partial charge on any atom is -0.366 e. The predicted molar refractivity (Wildman–Crippen MR) is 90.9 cm³/mol. The van der Waals surface area contributed by atoms with E-state index in [1.807, 2.05) is 25.1 Å². The van der Waals surface area contributed by atoms with Gasteiger partial charge in [0.25, 0.3) is 0 Å². The number of hydrogen-bond acceptors (Lipinski definition) is 4. The first-order valence-corrected chi connectivity index (χ1v) is 8.00. The molecule has 5 N–H and O–H groups in total. The summed E-state index contributed by atoms with van der Waals surface area (Å²) in [6.07, 6.45) is 2.90. The lowest BCUT2D eigenvalue weighted by atomic mass is 9.95. The summed E-state index contributed by atoms with van der Waals surface area (Å²) in [5.74, 6) is -0.326. The normalized spacial score (nSPS) is 20.7. The number of rotatable bonds is 6. The van der Waals surface area contributed by atoms with Crippen molar-refractivity contribution in [3.05, 3.63) is 29.3 Å². The molecule has 0 bridgehead atoms. The number of benzene rings is 1. The van der Waals surface area contributed by atoms with E-state index in [0.717, 1.165) is 24.8 Å². The lowest BCUT2D eigenvalue weighted by molar-refractivity contribution is -0.120. The number of anilines is 1. The van der Waals surface area contributed by atoms with Crippen LogP contribution < -0.4 is 16.8 Å². The zero-order valence-electron chi connectivity index (χ0n) is 13.8. The zero-order chi connectivity index (χ0) is 17.0. The molecule has 0 aliphatic heterocycles. The van der Waals surface area contributed by atoms with Crippen molar-refractivity contribution in [1.29, 1.82) is 0 Å². The van der Waals surface area contributed by atoms with Gasteiger partial charge in [0.2, 0.25) is 11.8 Å². The maximum Gasteiger partial charge on any atom is 0.248 e. The summed E-state index contributed by atoms with van der Waals surface area (Å²) < 4.78 is 0. The molecule has 1 fully saturated rings. The number of primary amides is 1. The van der Waals surface area contributed by atoms with Gasteiger partial charge in [-0.1, -0.05) is 12.5 Å². The van der Waals surface area contributed by atoms with Crippen LogP contribution in [-0.2, 0) is 11.3 Å². The van der Waals surface area contributed by atoms with Gasteiger partial charge in [0.15, 0.2) is 0 Å². The van der Waals surface area contributed by atoms with Gasteiger partial charge in [0.05, 0.1) is 0 Å². The number of nitrogens with one attached hydrogen (secondary N) is 1. The van der Waals surface area contributed by atoms with Crippen LogP contribution in [0.15, 0.2) is 18.2 Å². The Hall–Kier alpha value is -1.92. The van der Waals surface area contributed by atoms with Gasteiger partial charge in [-0.15, -0.1) is 0 Å². The van der Waals surface area contributed by atoms with Crippen LogP contribution in [0.2, 0.25) is 0 Å². The zero-order valence-corrected chi connectivity index (χ0v) is 13.8. The molecule has 0 spiro atoms. The van der Waals surface area contributed by atoms with Crippen molar-refractivity contribution in [2.75, 3.05) is 26.0 Å². The Labute approximate surface area is 137 Å². The monoisotopic (exact) mass is 318 g/mol. The van der Waals surface area contributed by atoms with Gasteiger partial charge >= 0.3 is 0 Å². The molecule has 23 heavy (non-hydrogen) atoms. The molecule has 1 aliphatic carbocycles.